The van der Waals surface area contributed by atoms with Crippen LogP contribution < -0.4 is 9.64 Å². The van der Waals surface area contributed by atoms with Gasteiger partial charge < -0.3 is 14.5 Å². The summed E-state index contributed by atoms with van der Waals surface area (Å²) >= 11 is 0. The van der Waals surface area contributed by atoms with Crippen LogP contribution in [0.1, 0.15) is 5.69 Å². The maximum absolute atomic E-state index is 12.6. The van der Waals surface area contributed by atoms with E-state index in [-0.39, 0.29) is 24.9 Å². The highest BCUT2D eigenvalue weighted by molar-refractivity contribution is 5.98. The van der Waals surface area contributed by atoms with Gasteiger partial charge in [-0.05, 0) is 31.3 Å². The minimum absolute atomic E-state index is 0.0490. The van der Waals surface area contributed by atoms with Crippen LogP contribution in [0.2, 0.25) is 0 Å². The van der Waals surface area contributed by atoms with E-state index in [0.29, 0.717) is 25.4 Å². The van der Waals surface area contributed by atoms with E-state index in [9.17, 15) is 9.59 Å². The SMILES string of the molecule is COc1cccc(N2CCN(C(=O)CN(C)Cc3ccccn3)CC2=O)c1. The fourth-order valence-electron chi connectivity index (χ4n) is 3.09. The zero-order valence-corrected chi connectivity index (χ0v) is 15.7. The Balaban J connectivity index is 1.55. The van der Waals surface area contributed by atoms with E-state index in [4.69, 9.17) is 4.74 Å². The van der Waals surface area contributed by atoms with Crippen LogP contribution in [0.3, 0.4) is 0 Å². The third kappa shape index (κ3) is 4.83. The first-order chi connectivity index (χ1) is 13.1. The molecule has 0 N–H and O–H groups in total. The Bertz CT molecular complexity index is 797. The molecule has 3 rings (SSSR count). The average molecular weight is 368 g/mol. The highest BCUT2D eigenvalue weighted by atomic mass is 16.5. The van der Waals surface area contributed by atoms with Crippen LogP contribution in [-0.4, -0.2) is 66.9 Å². The predicted octanol–water partition coefficient (Wildman–Crippen LogP) is 1.40. The molecule has 0 aliphatic carbocycles. The number of pyridine rings is 1. The van der Waals surface area contributed by atoms with E-state index in [0.717, 1.165) is 11.4 Å². The van der Waals surface area contributed by atoms with Crippen molar-refractivity contribution in [3.05, 3.63) is 54.4 Å². The summed E-state index contributed by atoms with van der Waals surface area (Å²) < 4.78 is 5.22. The largest absolute Gasteiger partial charge is 0.497 e. The summed E-state index contributed by atoms with van der Waals surface area (Å²) in [5.74, 6) is 0.567. The van der Waals surface area contributed by atoms with E-state index in [1.54, 1.807) is 23.1 Å². The summed E-state index contributed by atoms with van der Waals surface area (Å²) in [6.45, 7) is 1.92. The molecule has 0 saturated carbocycles. The van der Waals surface area contributed by atoms with Crippen LogP contribution in [0, 0.1) is 0 Å². The molecule has 1 aromatic carbocycles. The highest BCUT2D eigenvalue weighted by Gasteiger charge is 2.28. The summed E-state index contributed by atoms with van der Waals surface area (Å²) in [5.41, 5.74) is 1.70. The number of ether oxygens (including phenoxy) is 1. The van der Waals surface area contributed by atoms with Gasteiger partial charge in [-0.25, -0.2) is 0 Å². The predicted molar refractivity (Wildman–Crippen MR) is 102 cm³/mol. The zero-order chi connectivity index (χ0) is 19.2. The summed E-state index contributed by atoms with van der Waals surface area (Å²) in [7, 11) is 3.47. The zero-order valence-electron chi connectivity index (χ0n) is 15.7. The van der Waals surface area contributed by atoms with Gasteiger partial charge >= 0.3 is 0 Å². The second-order valence-electron chi connectivity index (χ2n) is 6.56. The second kappa shape index (κ2) is 8.64. The topological polar surface area (TPSA) is 66.0 Å². The van der Waals surface area contributed by atoms with Gasteiger partial charge in [0.2, 0.25) is 11.8 Å². The first-order valence-electron chi connectivity index (χ1n) is 8.87. The summed E-state index contributed by atoms with van der Waals surface area (Å²) in [6, 6.07) is 13.1. The molecular weight excluding hydrogens is 344 g/mol. The van der Waals surface area contributed by atoms with Gasteiger partial charge in [-0.1, -0.05) is 12.1 Å². The number of aromatic nitrogens is 1. The van der Waals surface area contributed by atoms with Crippen molar-refractivity contribution in [2.24, 2.45) is 0 Å². The number of hydrogen-bond donors (Lipinski definition) is 0. The van der Waals surface area contributed by atoms with Crippen LogP contribution in [-0.2, 0) is 16.1 Å². The monoisotopic (exact) mass is 368 g/mol. The smallest absolute Gasteiger partial charge is 0.246 e. The van der Waals surface area contributed by atoms with Gasteiger partial charge in [-0.3, -0.25) is 19.5 Å². The molecule has 2 amide bonds. The number of nitrogens with zero attached hydrogens (tertiary/aromatic N) is 4. The number of carbonyl (C=O) groups excluding carboxylic acids is 2. The maximum Gasteiger partial charge on any atom is 0.246 e. The van der Waals surface area contributed by atoms with Crippen molar-refractivity contribution in [3.8, 4) is 5.75 Å². The molecule has 1 aliphatic rings. The van der Waals surface area contributed by atoms with E-state index >= 15 is 0 Å². The number of amides is 2. The molecule has 2 aromatic rings. The molecule has 7 heteroatoms. The summed E-state index contributed by atoms with van der Waals surface area (Å²) in [6.07, 6.45) is 1.74. The van der Waals surface area contributed by atoms with Gasteiger partial charge in [-0.2, -0.15) is 0 Å². The molecule has 0 radical (unpaired) electrons. The van der Waals surface area contributed by atoms with Crippen molar-refractivity contribution in [1.29, 1.82) is 0 Å². The van der Waals surface area contributed by atoms with E-state index < -0.39 is 0 Å². The fourth-order valence-corrected chi connectivity index (χ4v) is 3.09. The Morgan fingerprint density at radius 2 is 2.07 bits per heavy atom. The lowest BCUT2D eigenvalue weighted by molar-refractivity contribution is -0.137. The molecule has 1 saturated heterocycles. The lowest BCUT2D eigenvalue weighted by atomic mass is 10.2. The minimum Gasteiger partial charge on any atom is -0.497 e. The van der Waals surface area contributed by atoms with Crippen LogP contribution >= 0.6 is 0 Å². The molecule has 0 atom stereocenters. The standard InChI is InChI=1S/C20H24N4O3/c1-22(13-16-6-3-4-9-21-16)14-19(25)23-10-11-24(20(26)15-23)17-7-5-8-18(12-17)27-2/h3-9,12H,10-11,13-15H2,1-2H3. The van der Waals surface area contributed by atoms with Gasteiger partial charge in [0.1, 0.15) is 12.3 Å². The first kappa shape index (κ1) is 18.8. The molecule has 142 valence electrons. The molecular formula is C20H24N4O3. The van der Waals surface area contributed by atoms with Crippen LogP contribution in [0.4, 0.5) is 5.69 Å². The first-order valence-corrected chi connectivity index (χ1v) is 8.87. The van der Waals surface area contributed by atoms with Gasteiger partial charge in [0.25, 0.3) is 0 Å². The molecule has 1 fully saturated rings. The third-order valence-corrected chi connectivity index (χ3v) is 4.50. The maximum atomic E-state index is 12.6. The Morgan fingerprint density at radius 1 is 1.22 bits per heavy atom. The Kier molecular flexibility index (Phi) is 6.03. The van der Waals surface area contributed by atoms with Crippen LogP contribution in [0.15, 0.2) is 48.7 Å². The van der Waals surface area contributed by atoms with E-state index in [1.165, 1.54) is 0 Å². The van der Waals surface area contributed by atoms with Crippen LogP contribution in [0.5, 0.6) is 5.75 Å². The molecule has 0 bridgehead atoms. The number of benzene rings is 1. The quantitative estimate of drug-likeness (QED) is 0.771. The minimum atomic E-state index is -0.0877. The van der Waals surface area contributed by atoms with Crippen molar-refractivity contribution in [2.75, 3.05) is 45.2 Å². The summed E-state index contributed by atoms with van der Waals surface area (Å²) in [5, 5.41) is 0. The number of likely N-dealkylation sites (N-methyl/N-ethyl adjacent to an activating group) is 1. The molecule has 7 nitrogen and oxygen atoms in total. The third-order valence-electron chi connectivity index (χ3n) is 4.50. The van der Waals surface area contributed by atoms with E-state index in [2.05, 4.69) is 4.98 Å². The van der Waals surface area contributed by atoms with Gasteiger partial charge in [0.15, 0.2) is 0 Å². The number of methoxy groups -OCH3 is 1. The molecule has 27 heavy (non-hydrogen) atoms. The lowest BCUT2D eigenvalue weighted by Gasteiger charge is -2.35. The van der Waals surface area contributed by atoms with E-state index in [1.807, 2.05) is 54.4 Å². The Hall–Kier alpha value is -2.93. The number of carbonyl (C=O) groups is 2. The Morgan fingerprint density at radius 3 is 2.78 bits per heavy atom. The normalized spacial score (nSPS) is 14.6. The molecule has 0 spiro atoms. The van der Waals surface area contributed by atoms with Crippen molar-refractivity contribution in [2.45, 2.75) is 6.54 Å². The summed E-state index contributed by atoms with van der Waals surface area (Å²) in [4.78, 5) is 34.6. The number of piperazine rings is 1. The number of rotatable bonds is 6. The number of anilines is 1. The van der Waals surface area contributed by atoms with Crippen LogP contribution in [0.25, 0.3) is 0 Å². The molecule has 1 aliphatic heterocycles. The molecule has 0 unspecified atom stereocenters. The van der Waals surface area contributed by atoms with Crippen molar-refractivity contribution < 1.29 is 14.3 Å². The lowest BCUT2D eigenvalue weighted by Crippen LogP contribution is -2.54. The Labute approximate surface area is 159 Å². The highest BCUT2D eigenvalue weighted by Crippen LogP contribution is 2.22. The van der Waals surface area contributed by atoms with Gasteiger partial charge in [-0.15, -0.1) is 0 Å². The van der Waals surface area contributed by atoms with Crippen molar-refractivity contribution >= 4 is 17.5 Å². The number of hydrogen-bond acceptors (Lipinski definition) is 5. The van der Waals surface area contributed by atoms with Crippen molar-refractivity contribution in [1.82, 2.24) is 14.8 Å². The van der Waals surface area contributed by atoms with Crippen molar-refractivity contribution in [3.63, 3.8) is 0 Å². The van der Waals surface area contributed by atoms with Gasteiger partial charge in [0.05, 0.1) is 19.3 Å². The molecule has 1 aromatic heterocycles. The second-order valence-corrected chi connectivity index (χ2v) is 6.56. The molecule has 2 heterocycles. The van der Waals surface area contributed by atoms with Gasteiger partial charge in [0, 0.05) is 37.6 Å². The average Bonchev–Trinajstić information content (AvgIpc) is 2.68. The fraction of sp³-hybridized carbons (Fsp3) is 0.350.